The molecule has 3 aromatic carbocycles. The standard InChI is InChI=1S/C38H48N6O7/c1-25-20-26(2)35(27(3)21-25)51-38(45)44(30-11-10-29(46-5)24-31(30)47-6)34-12-13-39-37(41-34)40-28-22-32(48-7)36(49-8)33(23-28)50-19-9-14-43-17-15-42(4)16-18-43/h10-13,20-24H,9,14-19H2,1-8H3,(H,39,40,41). The molecule has 2 heterocycles. The zero-order valence-electron chi connectivity index (χ0n) is 30.7. The lowest BCUT2D eigenvalue weighted by molar-refractivity contribution is 0.145. The number of amides is 1. The minimum Gasteiger partial charge on any atom is -0.497 e. The summed E-state index contributed by atoms with van der Waals surface area (Å²) in [4.78, 5) is 29.4. The van der Waals surface area contributed by atoms with Crippen molar-refractivity contribution in [3.05, 3.63) is 71.4 Å². The van der Waals surface area contributed by atoms with Crippen LogP contribution in [0.25, 0.3) is 0 Å². The van der Waals surface area contributed by atoms with Crippen molar-refractivity contribution in [1.82, 2.24) is 19.8 Å². The van der Waals surface area contributed by atoms with Gasteiger partial charge in [-0.15, -0.1) is 0 Å². The lowest BCUT2D eigenvalue weighted by Crippen LogP contribution is -2.44. The molecule has 0 atom stereocenters. The Bertz CT molecular complexity index is 1790. The Kier molecular flexibility index (Phi) is 12.4. The molecular formula is C38H48N6O7. The number of nitrogens with one attached hydrogen (secondary N) is 1. The van der Waals surface area contributed by atoms with E-state index in [1.54, 1.807) is 57.9 Å². The summed E-state index contributed by atoms with van der Waals surface area (Å²) in [5, 5.41) is 3.24. The van der Waals surface area contributed by atoms with Gasteiger partial charge in [0.1, 0.15) is 23.1 Å². The third-order valence-corrected chi connectivity index (χ3v) is 8.65. The van der Waals surface area contributed by atoms with E-state index in [1.165, 1.54) is 12.0 Å². The molecule has 4 aromatic rings. The average molecular weight is 701 g/mol. The van der Waals surface area contributed by atoms with Crippen LogP contribution in [-0.2, 0) is 0 Å². The number of likely N-dealkylation sites (N-methyl/N-ethyl adjacent to an activating group) is 1. The number of rotatable bonds is 14. The van der Waals surface area contributed by atoms with Crippen LogP contribution in [0.15, 0.2) is 54.7 Å². The summed E-state index contributed by atoms with van der Waals surface area (Å²) in [7, 11) is 8.38. The van der Waals surface area contributed by atoms with Gasteiger partial charge in [-0.3, -0.25) is 0 Å². The molecule has 0 saturated carbocycles. The Morgan fingerprint density at radius 1 is 0.824 bits per heavy atom. The zero-order valence-corrected chi connectivity index (χ0v) is 30.7. The lowest BCUT2D eigenvalue weighted by Gasteiger charge is -2.32. The summed E-state index contributed by atoms with van der Waals surface area (Å²) in [6.45, 7) is 11.5. The van der Waals surface area contributed by atoms with Gasteiger partial charge in [-0.25, -0.2) is 14.7 Å². The molecule has 0 bridgehead atoms. The van der Waals surface area contributed by atoms with Gasteiger partial charge < -0.3 is 43.5 Å². The summed E-state index contributed by atoms with van der Waals surface area (Å²) in [5.74, 6) is 3.35. The summed E-state index contributed by atoms with van der Waals surface area (Å²) in [5.41, 5.74) is 3.73. The maximum absolute atomic E-state index is 14.1. The number of anilines is 4. The highest BCUT2D eigenvalue weighted by molar-refractivity contribution is 5.98. The van der Waals surface area contributed by atoms with Crippen molar-refractivity contribution in [2.24, 2.45) is 0 Å². The quantitative estimate of drug-likeness (QED) is 0.144. The van der Waals surface area contributed by atoms with Crippen molar-refractivity contribution in [1.29, 1.82) is 0 Å². The molecule has 1 fully saturated rings. The van der Waals surface area contributed by atoms with E-state index in [4.69, 9.17) is 33.4 Å². The molecule has 1 N–H and O–H groups in total. The summed E-state index contributed by atoms with van der Waals surface area (Å²) < 4.78 is 34.7. The molecule has 1 aromatic heterocycles. The molecule has 1 saturated heterocycles. The van der Waals surface area contributed by atoms with Crippen molar-refractivity contribution in [2.75, 3.05) is 85.0 Å². The van der Waals surface area contributed by atoms with Crippen LogP contribution in [0.3, 0.4) is 0 Å². The van der Waals surface area contributed by atoms with Gasteiger partial charge in [0.25, 0.3) is 0 Å². The van der Waals surface area contributed by atoms with Crippen molar-refractivity contribution in [3.8, 4) is 34.5 Å². The fourth-order valence-corrected chi connectivity index (χ4v) is 6.06. The maximum atomic E-state index is 14.1. The second kappa shape index (κ2) is 17.1. The first-order valence-corrected chi connectivity index (χ1v) is 16.9. The van der Waals surface area contributed by atoms with E-state index in [0.717, 1.165) is 55.8 Å². The fraction of sp³-hybridized carbons (Fsp3) is 0.395. The van der Waals surface area contributed by atoms with Crippen LogP contribution in [0.5, 0.6) is 34.5 Å². The van der Waals surface area contributed by atoms with E-state index in [1.807, 2.05) is 39.0 Å². The van der Waals surface area contributed by atoms with Crippen molar-refractivity contribution in [3.63, 3.8) is 0 Å². The van der Waals surface area contributed by atoms with E-state index in [0.29, 0.717) is 52.5 Å². The van der Waals surface area contributed by atoms with Crippen LogP contribution in [0.1, 0.15) is 23.1 Å². The number of nitrogens with zero attached hydrogens (tertiary/aromatic N) is 5. The zero-order chi connectivity index (χ0) is 36.5. The van der Waals surface area contributed by atoms with Crippen LogP contribution in [0.2, 0.25) is 0 Å². The van der Waals surface area contributed by atoms with Gasteiger partial charge in [0.05, 0.1) is 40.7 Å². The molecule has 1 amide bonds. The number of carbonyl (C=O) groups is 1. The number of benzene rings is 3. The van der Waals surface area contributed by atoms with E-state index in [-0.39, 0.29) is 11.8 Å². The van der Waals surface area contributed by atoms with Gasteiger partial charge >= 0.3 is 6.09 Å². The monoisotopic (exact) mass is 700 g/mol. The van der Waals surface area contributed by atoms with Crippen LogP contribution >= 0.6 is 0 Å². The third-order valence-electron chi connectivity index (χ3n) is 8.65. The predicted octanol–water partition coefficient (Wildman–Crippen LogP) is 6.53. The van der Waals surface area contributed by atoms with Gasteiger partial charge in [0.15, 0.2) is 11.5 Å². The highest BCUT2D eigenvalue weighted by Crippen LogP contribution is 2.41. The van der Waals surface area contributed by atoms with Crippen LogP contribution in [0, 0.1) is 20.8 Å². The van der Waals surface area contributed by atoms with Crippen molar-refractivity contribution >= 4 is 29.2 Å². The Labute approximate surface area is 300 Å². The Balaban J connectivity index is 1.43. The number of aromatic nitrogens is 2. The minimum absolute atomic E-state index is 0.216. The number of carbonyl (C=O) groups excluding carboxylic acids is 1. The van der Waals surface area contributed by atoms with Crippen LogP contribution < -0.4 is 38.6 Å². The molecule has 0 aliphatic carbocycles. The lowest BCUT2D eigenvalue weighted by atomic mass is 10.1. The molecule has 13 nitrogen and oxygen atoms in total. The van der Waals surface area contributed by atoms with Gasteiger partial charge in [-0.2, -0.15) is 4.98 Å². The van der Waals surface area contributed by atoms with Crippen LogP contribution in [0.4, 0.5) is 27.9 Å². The highest BCUT2D eigenvalue weighted by Gasteiger charge is 2.27. The Morgan fingerprint density at radius 2 is 1.53 bits per heavy atom. The summed E-state index contributed by atoms with van der Waals surface area (Å²) in [6, 6.07) is 14.3. The van der Waals surface area contributed by atoms with Crippen molar-refractivity contribution in [2.45, 2.75) is 27.2 Å². The molecule has 0 radical (unpaired) electrons. The normalized spacial score (nSPS) is 13.3. The second-order valence-electron chi connectivity index (χ2n) is 12.4. The van der Waals surface area contributed by atoms with E-state index < -0.39 is 6.09 Å². The van der Waals surface area contributed by atoms with E-state index >= 15 is 0 Å². The highest BCUT2D eigenvalue weighted by atomic mass is 16.6. The molecule has 1 aliphatic rings. The van der Waals surface area contributed by atoms with E-state index in [2.05, 4.69) is 27.1 Å². The largest absolute Gasteiger partial charge is 0.497 e. The fourth-order valence-electron chi connectivity index (χ4n) is 6.06. The number of aryl methyl sites for hydroxylation is 3. The number of hydrogen-bond acceptors (Lipinski definition) is 12. The molecule has 51 heavy (non-hydrogen) atoms. The predicted molar refractivity (Wildman–Crippen MR) is 197 cm³/mol. The topological polar surface area (TPSA) is 120 Å². The van der Waals surface area contributed by atoms with E-state index in [9.17, 15) is 4.79 Å². The average Bonchev–Trinajstić information content (AvgIpc) is 3.12. The first kappa shape index (κ1) is 37.0. The molecule has 272 valence electrons. The summed E-state index contributed by atoms with van der Waals surface area (Å²) in [6.07, 6.45) is 1.73. The molecular weight excluding hydrogens is 652 g/mol. The molecule has 0 spiro atoms. The second-order valence-corrected chi connectivity index (χ2v) is 12.4. The van der Waals surface area contributed by atoms with Gasteiger partial charge in [-0.05, 0) is 57.5 Å². The molecule has 0 unspecified atom stereocenters. The minimum atomic E-state index is -0.684. The Hall–Kier alpha value is -5.27. The summed E-state index contributed by atoms with van der Waals surface area (Å²) >= 11 is 0. The molecule has 1 aliphatic heterocycles. The van der Waals surface area contributed by atoms with Gasteiger partial charge in [0.2, 0.25) is 11.7 Å². The van der Waals surface area contributed by atoms with Gasteiger partial charge in [-0.1, -0.05) is 17.7 Å². The molecule has 13 heteroatoms. The SMILES string of the molecule is COc1ccc(N(C(=O)Oc2c(C)cc(C)cc2C)c2ccnc(Nc3cc(OC)c(OC)c(OCCCN4CCN(C)CC4)c3)n2)c(OC)c1. The smallest absolute Gasteiger partial charge is 0.425 e. The van der Waals surface area contributed by atoms with Gasteiger partial charge in [0, 0.05) is 68.9 Å². The first-order valence-electron chi connectivity index (χ1n) is 16.9. The number of methoxy groups -OCH3 is 4. The number of hydrogen-bond donors (Lipinski definition) is 1. The first-order chi connectivity index (χ1) is 24.6. The molecule has 5 rings (SSSR count). The third kappa shape index (κ3) is 9.10. The maximum Gasteiger partial charge on any atom is 0.425 e. The number of ether oxygens (including phenoxy) is 6. The van der Waals surface area contributed by atoms with Crippen molar-refractivity contribution < 1.29 is 33.2 Å². The van der Waals surface area contributed by atoms with Crippen LogP contribution in [-0.4, -0.2) is 101 Å². The Morgan fingerprint density at radius 3 is 2.20 bits per heavy atom. The number of piperazine rings is 1.